The number of hydrogen-bond donors (Lipinski definition) is 5. The molecule has 107 heavy (non-hydrogen) atoms. The molecule has 0 aliphatic carbocycles. The zero-order chi connectivity index (χ0) is 76.5. The Hall–Kier alpha value is -11.1. The van der Waals surface area contributed by atoms with Crippen molar-refractivity contribution >= 4 is 93.1 Å². The normalized spacial score (nSPS) is 17.0. The lowest BCUT2D eigenvalue weighted by atomic mass is 9.99. The van der Waals surface area contributed by atoms with Crippen molar-refractivity contribution in [3.05, 3.63) is 209 Å². The minimum absolute atomic E-state index is 0.0475. The van der Waals surface area contributed by atoms with Crippen molar-refractivity contribution in [2.24, 2.45) is 5.73 Å². The van der Waals surface area contributed by atoms with Gasteiger partial charge >= 0.3 is 35.8 Å². The zero-order valence-corrected chi connectivity index (χ0v) is 61.9. The van der Waals surface area contributed by atoms with E-state index in [9.17, 15) is 47.9 Å². The van der Waals surface area contributed by atoms with Gasteiger partial charge in [0.15, 0.2) is 5.78 Å². The summed E-state index contributed by atoms with van der Waals surface area (Å²) in [4.78, 5) is 138. The number of carboxylic acids is 1. The highest BCUT2D eigenvalue weighted by molar-refractivity contribution is 7.15. The number of likely N-dealkylation sites (tertiary alicyclic amines) is 4. The van der Waals surface area contributed by atoms with E-state index < -0.39 is 71.9 Å². The van der Waals surface area contributed by atoms with Crippen LogP contribution in [0.5, 0.6) is 0 Å². The number of amides is 7. The molecule has 6 heterocycles. The van der Waals surface area contributed by atoms with Crippen LogP contribution in [0.1, 0.15) is 137 Å². The number of thiazole rings is 1. The molecule has 4 fully saturated rings. The van der Waals surface area contributed by atoms with E-state index >= 15 is 0 Å². The maximum Gasteiger partial charge on any atom is 0.410 e. The van der Waals surface area contributed by atoms with Gasteiger partial charge in [0.2, 0.25) is 5.91 Å². The number of halogens is 1. The van der Waals surface area contributed by atoms with Gasteiger partial charge in [-0.2, -0.15) is 0 Å². The number of primary amides is 1. The number of fused-ring (bicyclic) bond motifs is 1. The second-order valence-electron chi connectivity index (χ2n) is 26.3. The zero-order valence-electron chi connectivity index (χ0n) is 60.3. The van der Waals surface area contributed by atoms with Crippen LogP contribution in [0.15, 0.2) is 176 Å². The summed E-state index contributed by atoms with van der Waals surface area (Å²) in [6.45, 7) is 11.4. The number of Topliss-reactive ketones (excluding diaryl/α,β-unsaturated/α-hetero) is 1. The molecule has 27 heteroatoms. The Morgan fingerprint density at radius 1 is 0.561 bits per heavy atom. The number of ketones is 1. The monoisotopic (exact) mass is 1500 g/mol. The molecular weight excluding hydrogens is 1410 g/mol. The second-order valence-corrected chi connectivity index (χ2v) is 27.7. The summed E-state index contributed by atoms with van der Waals surface area (Å²) >= 11 is 6.28. The molecule has 0 radical (unpaired) electrons. The molecule has 2 aromatic heterocycles. The summed E-state index contributed by atoms with van der Waals surface area (Å²) in [6, 6.07) is 49.3. The van der Waals surface area contributed by atoms with Crippen LogP contribution in [0.3, 0.4) is 0 Å². The minimum atomic E-state index is -0.981. The topological polar surface area (TPSA) is 329 Å². The van der Waals surface area contributed by atoms with Crippen molar-refractivity contribution in [3.8, 4) is 21.7 Å². The van der Waals surface area contributed by atoms with E-state index in [-0.39, 0.29) is 55.5 Å². The first-order chi connectivity index (χ1) is 51.5. The van der Waals surface area contributed by atoms with Gasteiger partial charge in [0, 0.05) is 67.0 Å². The lowest BCUT2D eigenvalue weighted by Gasteiger charge is -2.29. The van der Waals surface area contributed by atoms with Gasteiger partial charge in [0.25, 0.3) is 11.8 Å². The number of aromatic amines is 1. The molecule has 8 aromatic rings. The lowest BCUT2D eigenvalue weighted by Crippen LogP contribution is -2.48. The quantitative estimate of drug-likeness (QED) is 0.0330. The van der Waals surface area contributed by atoms with Crippen molar-refractivity contribution in [3.63, 3.8) is 0 Å². The molecule has 564 valence electrons. The van der Waals surface area contributed by atoms with Crippen LogP contribution < -0.4 is 16.4 Å². The maximum atomic E-state index is 14.1. The molecule has 0 unspecified atom stereocenters. The number of aliphatic carboxylic acids is 1. The molecule has 4 aliphatic heterocycles. The van der Waals surface area contributed by atoms with Crippen LogP contribution in [0, 0.1) is 0 Å². The fourth-order valence-corrected chi connectivity index (χ4v) is 14.2. The van der Waals surface area contributed by atoms with Gasteiger partial charge in [-0.3, -0.25) is 29.0 Å². The Morgan fingerprint density at radius 3 is 1.52 bits per heavy atom. The largest absolute Gasteiger partial charge is 0.480 e. The fraction of sp³-hybridized carbons (Fsp3) is 0.362. The first kappa shape index (κ1) is 80.0. The van der Waals surface area contributed by atoms with Crippen molar-refractivity contribution in [1.29, 1.82) is 0 Å². The number of H-pyrrole nitrogens is 1. The van der Waals surface area contributed by atoms with E-state index in [1.807, 2.05) is 138 Å². The van der Waals surface area contributed by atoms with Gasteiger partial charge in [-0.1, -0.05) is 152 Å². The number of nitrogens with one attached hydrogen (secondary N) is 3. The molecular formula is C80H90ClN9O16S. The predicted octanol–water partition coefficient (Wildman–Crippen LogP) is 14.0. The third-order valence-electron chi connectivity index (χ3n) is 18.0. The minimum Gasteiger partial charge on any atom is -0.480 e. The van der Waals surface area contributed by atoms with Gasteiger partial charge < -0.3 is 59.9 Å². The first-order valence-corrected chi connectivity index (χ1v) is 36.9. The van der Waals surface area contributed by atoms with Crippen molar-refractivity contribution in [1.82, 2.24) is 40.2 Å². The summed E-state index contributed by atoms with van der Waals surface area (Å²) in [6.07, 6.45) is 4.45. The molecule has 25 nitrogen and oxygen atoms in total. The van der Waals surface area contributed by atoms with Crippen LogP contribution in [0.2, 0.25) is 0 Å². The highest BCUT2D eigenvalue weighted by Crippen LogP contribution is 2.40. The van der Waals surface area contributed by atoms with E-state index in [1.165, 1.54) is 9.80 Å². The maximum absolute atomic E-state index is 14.1. The van der Waals surface area contributed by atoms with E-state index in [0.717, 1.165) is 73.6 Å². The highest BCUT2D eigenvalue weighted by Gasteiger charge is 2.41. The Kier molecular flexibility index (Phi) is 29.4. The van der Waals surface area contributed by atoms with Crippen LogP contribution in [-0.4, -0.2) is 157 Å². The number of nitrogens with zero attached hydrogens (tertiary/aromatic N) is 5. The average molecular weight is 1500 g/mol. The number of carboxylic acid groups (broad SMARTS) is 1. The highest BCUT2D eigenvalue weighted by atomic mass is 35.5. The van der Waals surface area contributed by atoms with Crippen LogP contribution in [0.25, 0.3) is 32.6 Å². The molecule has 12 rings (SSSR count). The lowest BCUT2D eigenvalue weighted by molar-refractivity contribution is -0.141. The molecule has 6 N–H and O–H groups in total. The molecule has 6 aromatic carbocycles. The van der Waals surface area contributed by atoms with Gasteiger partial charge in [-0.15, -0.1) is 11.3 Å². The summed E-state index contributed by atoms with van der Waals surface area (Å²) in [5.74, 6) is -2.01. The van der Waals surface area contributed by atoms with E-state index in [2.05, 4.69) is 50.7 Å². The Balaban J connectivity index is 0.000000252. The van der Waals surface area contributed by atoms with E-state index in [0.29, 0.717) is 76.0 Å². The summed E-state index contributed by atoms with van der Waals surface area (Å²) < 4.78 is 25.1. The average Bonchev–Trinajstić information content (AvgIpc) is 1.68. The number of ether oxygens (including phenoxy) is 5. The molecule has 0 spiro atoms. The number of hydrogen-bond acceptors (Lipinski definition) is 17. The third-order valence-corrected chi connectivity index (χ3v) is 19.3. The molecule has 0 saturated carbocycles. The van der Waals surface area contributed by atoms with Crippen LogP contribution >= 0.6 is 22.9 Å². The van der Waals surface area contributed by atoms with Gasteiger partial charge in [0.1, 0.15) is 42.4 Å². The summed E-state index contributed by atoms with van der Waals surface area (Å²) in [5.41, 5.74) is 12.3. The van der Waals surface area contributed by atoms with Crippen molar-refractivity contribution in [2.75, 3.05) is 32.8 Å². The molecule has 7 amide bonds. The van der Waals surface area contributed by atoms with Gasteiger partial charge in [0.05, 0.1) is 35.8 Å². The number of alkyl carbamates (subject to hydrolysis) is 2. The smallest absolute Gasteiger partial charge is 0.410 e. The Bertz CT molecular complexity index is 4240. The number of rotatable bonds is 21. The number of carbonyl (C=O) groups excluding carboxylic acids is 9. The predicted molar refractivity (Wildman–Crippen MR) is 402 cm³/mol. The van der Waals surface area contributed by atoms with Crippen LogP contribution in [-0.2, 0) is 67.3 Å². The second kappa shape index (κ2) is 39.3. The first-order valence-electron chi connectivity index (χ1n) is 35.7. The van der Waals surface area contributed by atoms with Crippen molar-refractivity contribution in [2.45, 2.75) is 154 Å². The standard InChI is InChI=1S/C51H54N6O7S.C13H16N2O3.C13H15NO4.C3H5ClO2/c1-31(2)63-50(61)54-45(36-13-7-5-8-14-36)48(59)56-25-11-17-41(56)43(58)28-33-19-24-39-38(27-33)29-40(53-39)34-20-22-35(23-21-34)44-30-52-47(65-44)42-18-12-26-57(42)49(60)46(37-15-9-6-10-16-37)55-51(62)64-32(3)4;14-12(16)11-7-4-8-15(11)13(17)18-9-10-5-2-1-3-6-10;15-12(16)11-7-4-8-14(11)13(17)18-9-10-5-2-1-3-6-10;1-2-6-3(4)5/h5-10,13-16,19-24,27,29-32,41-42,45-46,53H,11-12,17-18,25-26,28H2,1-4H3,(H,54,61)(H,55,62);1-3,5-6,11H,4,7-9H2,(H2,14,16);1-3,5-6,11H,4,7-9H2,(H,15,16);2H2,1H3/t41-,42-,45+,46+;2*11-;/m000./s1. The Labute approximate surface area is 630 Å². The SMILES string of the molecule is CC(C)OC(=O)N[C@@H](C(=O)N1CCC[C@H]1C(=O)Cc1ccc2[nH]c(-c3ccc(-c4cnc([C@@H]5CCCN5C(=O)[C@H](NC(=O)OC(C)C)c5ccccc5)s4)cc3)cc2c1)c1ccccc1.CCOC(=O)Cl.NC(=O)[C@@H]1CCCN1C(=O)OCc1ccccc1.O=C(O)[C@@H]1CCCN1C(=O)OCc1ccccc1. The number of nitrogens with two attached hydrogens (primary N) is 1. The molecule has 4 saturated heterocycles. The molecule has 0 bridgehead atoms. The van der Waals surface area contributed by atoms with Gasteiger partial charge in [-0.25, -0.2) is 33.8 Å². The number of aromatic nitrogens is 2. The molecule has 6 atom stereocenters. The fourth-order valence-electron chi connectivity index (χ4n) is 13.0. The number of carbonyl (C=O) groups is 10. The third kappa shape index (κ3) is 22.7. The molecule has 4 aliphatic rings. The Morgan fingerprint density at radius 2 is 1.03 bits per heavy atom. The number of benzene rings is 6. The van der Waals surface area contributed by atoms with Crippen LogP contribution in [0.4, 0.5) is 24.0 Å². The van der Waals surface area contributed by atoms with E-state index in [4.69, 9.17) is 46.4 Å². The summed E-state index contributed by atoms with van der Waals surface area (Å²) in [7, 11) is 0. The van der Waals surface area contributed by atoms with E-state index in [1.54, 1.807) is 63.0 Å². The van der Waals surface area contributed by atoms with Gasteiger partial charge in [-0.05, 0) is 143 Å². The summed E-state index contributed by atoms with van der Waals surface area (Å²) in [5, 5.41) is 16.3. The van der Waals surface area contributed by atoms with Crippen molar-refractivity contribution < 1.29 is 76.7 Å².